The van der Waals surface area contributed by atoms with E-state index < -0.39 is 4.92 Å². The number of nitrogens with zero attached hydrogens (tertiary/aromatic N) is 4. The highest BCUT2D eigenvalue weighted by Gasteiger charge is 2.17. The molecule has 0 unspecified atom stereocenters. The Morgan fingerprint density at radius 1 is 1.34 bits per heavy atom. The van der Waals surface area contributed by atoms with Gasteiger partial charge >= 0.3 is 5.69 Å². The first-order chi connectivity index (χ1) is 13.8. The number of nitro benzene ring substituents is 1. The topological polar surface area (TPSA) is 99.6 Å². The van der Waals surface area contributed by atoms with E-state index in [4.69, 9.17) is 4.74 Å². The lowest BCUT2D eigenvalue weighted by Crippen LogP contribution is -2.23. The largest absolute Gasteiger partial charge is 0.490 e. The predicted octanol–water partition coefficient (Wildman–Crippen LogP) is 4.47. The van der Waals surface area contributed by atoms with Gasteiger partial charge in [0.2, 0.25) is 0 Å². The second kappa shape index (κ2) is 8.52. The zero-order chi connectivity index (χ0) is 21.1. The van der Waals surface area contributed by atoms with Gasteiger partial charge in [-0.3, -0.25) is 14.9 Å². The van der Waals surface area contributed by atoms with Crippen molar-refractivity contribution in [1.29, 1.82) is 0 Å². The molecule has 9 heteroatoms. The van der Waals surface area contributed by atoms with Gasteiger partial charge in [0, 0.05) is 22.0 Å². The lowest BCUT2D eigenvalue weighted by Gasteiger charge is -2.14. The van der Waals surface area contributed by atoms with Crippen molar-refractivity contribution in [2.24, 2.45) is 5.10 Å². The van der Waals surface area contributed by atoms with Gasteiger partial charge in [-0.2, -0.15) is 9.78 Å². The number of hydrogen-bond acceptors (Lipinski definition) is 6. The standard InChI is InChI=1S/C20H19BrN4O4/c1-4-12(2)19-23-16-7-6-14(21)10-15(16)20(26)24(19)22-11-13-5-8-18(29-3)17(9-13)25(27)28/h5-12H,4H2,1-3H3/t12-/m0/s1. The first kappa shape index (κ1) is 20.7. The molecule has 2 aromatic carbocycles. The summed E-state index contributed by atoms with van der Waals surface area (Å²) in [4.78, 5) is 28.4. The minimum absolute atomic E-state index is 0.00176. The van der Waals surface area contributed by atoms with Crippen LogP contribution in [0, 0.1) is 10.1 Å². The zero-order valence-electron chi connectivity index (χ0n) is 16.1. The van der Waals surface area contributed by atoms with E-state index in [2.05, 4.69) is 26.0 Å². The maximum atomic E-state index is 13.1. The van der Waals surface area contributed by atoms with Crippen molar-refractivity contribution in [2.75, 3.05) is 7.11 Å². The van der Waals surface area contributed by atoms with Crippen LogP contribution < -0.4 is 10.3 Å². The Hall–Kier alpha value is -3.07. The Balaban J connectivity index is 2.16. The number of hydrogen-bond donors (Lipinski definition) is 0. The van der Waals surface area contributed by atoms with Crippen molar-refractivity contribution < 1.29 is 9.66 Å². The number of halogens is 1. The number of aromatic nitrogens is 2. The second-order valence-electron chi connectivity index (χ2n) is 6.49. The van der Waals surface area contributed by atoms with Gasteiger partial charge in [-0.15, -0.1) is 0 Å². The zero-order valence-corrected chi connectivity index (χ0v) is 17.7. The lowest BCUT2D eigenvalue weighted by atomic mass is 10.1. The minimum Gasteiger partial charge on any atom is -0.490 e. The maximum Gasteiger partial charge on any atom is 0.311 e. The van der Waals surface area contributed by atoms with Gasteiger partial charge in [-0.25, -0.2) is 4.98 Å². The van der Waals surface area contributed by atoms with E-state index in [-0.39, 0.29) is 22.9 Å². The fourth-order valence-corrected chi connectivity index (χ4v) is 3.19. The monoisotopic (exact) mass is 458 g/mol. The van der Waals surface area contributed by atoms with Crippen LogP contribution in [0.3, 0.4) is 0 Å². The third-order valence-corrected chi connectivity index (χ3v) is 5.10. The minimum atomic E-state index is -0.526. The van der Waals surface area contributed by atoms with E-state index in [0.717, 1.165) is 10.9 Å². The van der Waals surface area contributed by atoms with Gasteiger partial charge in [-0.05, 0) is 36.8 Å². The molecule has 0 spiro atoms. The van der Waals surface area contributed by atoms with Crippen LogP contribution >= 0.6 is 15.9 Å². The van der Waals surface area contributed by atoms with Crippen molar-refractivity contribution >= 4 is 38.7 Å². The summed E-state index contributed by atoms with van der Waals surface area (Å²) in [5, 5.41) is 16.0. The average Bonchev–Trinajstić information content (AvgIpc) is 2.72. The number of ether oxygens (including phenoxy) is 1. The van der Waals surface area contributed by atoms with Gasteiger partial charge in [0.25, 0.3) is 5.56 Å². The van der Waals surface area contributed by atoms with Gasteiger partial charge in [0.1, 0.15) is 5.82 Å². The maximum absolute atomic E-state index is 13.1. The summed E-state index contributed by atoms with van der Waals surface area (Å²) in [5.74, 6) is 0.687. The molecular weight excluding hydrogens is 440 g/mol. The van der Waals surface area contributed by atoms with Gasteiger partial charge < -0.3 is 4.74 Å². The van der Waals surface area contributed by atoms with E-state index in [1.54, 1.807) is 18.2 Å². The Labute approximate surface area is 175 Å². The third kappa shape index (κ3) is 4.19. The summed E-state index contributed by atoms with van der Waals surface area (Å²) in [6.07, 6.45) is 2.18. The SMILES string of the molecule is CC[C@H](C)c1nc2ccc(Br)cc2c(=O)n1N=Cc1ccc(OC)c([N+](=O)[O-])c1. The van der Waals surface area contributed by atoms with Crippen LogP contribution in [0.25, 0.3) is 10.9 Å². The van der Waals surface area contributed by atoms with Crippen LogP contribution in [-0.4, -0.2) is 27.9 Å². The molecule has 1 heterocycles. The molecule has 3 aromatic rings. The third-order valence-electron chi connectivity index (χ3n) is 4.61. The van der Waals surface area contributed by atoms with Crippen LogP contribution in [0.2, 0.25) is 0 Å². The van der Waals surface area contributed by atoms with Crippen LogP contribution in [0.5, 0.6) is 5.75 Å². The molecular formula is C20H19BrN4O4. The molecule has 150 valence electrons. The summed E-state index contributed by atoms with van der Waals surface area (Å²) in [6.45, 7) is 3.97. The molecule has 0 saturated heterocycles. The molecule has 0 amide bonds. The molecule has 1 atom stereocenters. The summed E-state index contributed by atoms with van der Waals surface area (Å²) < 4.78 is 7.04. The first-order valence-electron chi connectivity index (χ1n) is 8.94. The molecule has 29 heavy (non-hydrogen) atoms. The second-order valence-corrected chi connectivity index (χ2v) is 7.41. The van der Waals surface area contributed by atoms with E-state index in [9.17, 15) is 14.9 Å². The Kier molecular flexibility index (Phi) is 6.07. The molecule has 0 aliphatic rings. The highest BCUT2D eigenvalue weighted by Crippen LogP contribution is 2.27. The highest BCUT2D eigenvalue weighted by atomic mass is 79.9. The smallest absolute Gasteiger partial charge is 0.311 e. The molecule has 0 aliphatic heterocycles. The summed E-state index contributed by atoms with van der Waals surface area (Å²) in [7, 11) is 1.37. The number of methoxy groups -OCH3 is 1. The molecule has 3 rings (SSSR count). The summed E-state index contributed by atoms with van der Waals surface area (Å²) in [5.41, 5.74) is 0.589. The van der Waals surface area contributed by atoms with Crippen LogP contribution in [0.15, 0.2) is 50.8 Å². The highest BCUT2D eigenvalue weighted by molar-refractivity contribution is 9.10. The fourth-order valence-electron chi connectivity index (χ4n) is 2.83. The quantitative estimate of drug-likeness (QED) is 0.308. The predicted molar refractivity (Wildman–Crippen MR) is 115 cm³/mol. The number of benzene rings is 2. The number of fused-ring (bicyclic) bond motifs is 1. The summed E-state index contributed by atoms with van der Waals surface area (Å²) >= 11 is 3.37. The van der Waals surface area contributed by atoms with E-state index in [0.29, 0.717) is 22.3 Å². The first-order valence-corrected chi connectivity index (χ1v) is 9.74. The van der Waals surface area contributed by atoms with Crippen LogP contribution in [-0.2, 0) is 0 Å². The van der Waals surface area contributed by atoms with Crippen molar-refractivity contribution in [1.82, 2.24) is 9.66 Å². The number of nitro groups is 1. The molecule has 0 aliphatic carbocycles. The van der Waals surface area contributed by atoms with Crippen LogP contribution in [0.4, 0.5) is 5.69 Å². The molecule has 0 N–H and O–H groups in total. The van der Waals surface area contributed by atoms with Crippen LogP contribution in [0.1, 0.15) is 37.6 Å². The average molecular weight is 459 g/mol. The molecule has 8 nitrogen and oxygen atoms in total. The van der Waals surface area contributed by atoms with Crippen molar-refractivity contribution in [3.63, 3.8) is 0 Å². The van der Waals surface area contributed by atoms with Crippen molar-refractivity contribution in [3.05, 3.63) is 72.7 Å². The van der Waals surface area contributed by atoms with E-state index in [1.807, 2.05) is 19.9 Å². The molecule has 1 aromatic heterocycles. The van der Waals surface area contributed by atoms with Crippen molar-refractivity contribution in [3.8, 4) is 5.75 Å². The molecule has 0 bridgehead atoms. The molecule has 0 radical (unpaired) electrons. The molecule has 0 saturated carbocycles. The fraction of sp³-hybridized carbons (Fsp3) is 0.250. The Morgan fingerprint density at radius 2 is 2.10 bits per heavy atom. The lowest BCUT2D eigenvalue weighted by molar-refractivity contribution is -0.385. The normalized spacial score (nSPS) is 12.4. The van der Waals surface area contributed by atoms with Gasteiger partial charge in [0.15, 0.2) is 5.75 Å². The van der Waals surface area contributed by atoms with Crippen molar-refractivity contribution in [2.45, 2.75) is 26.2 Å². The van der Waals surface area contributed by atoms with Gasteiger partial charge in [-0.1, -0.05) is 29.8 Å². The Morgan fingerprint density at radius 3 is 2.76 bits per heavy atom. The van der Waals surface area contributed by atoms with Gasteiger partial charge in [0.05, 0.1) is 29.2 Å². The summed E-state index contributed by atoms with van der Waals surface area (Å²) in [6, 6.07) is 9.80. The van der Waals surface area contributed by atoms with E-state index >= 15 is 0 Å². The number of rotatable bonds is 6. The Bertz CT molecular complexity index is 1170. The molecule has 0 fully saturated rings. The van der Waals surface area contributed by atoms with E-state index in [1.165, 1.54) is 30.1 Å².